The summed E-state index contributed by atoms with van der Waals surface area (Å²) in [5.74, 6) is 0.179. The first-order chi connectivity index (χ1) is 11.0. The number of benzene rings is 1. The Kier molecular flexibility index (Phi) is 4.32. The van der Waals surface area contributed by atoms with E-state index in [2.05, 4.69) is 0 Å². The van der Waals surface area contributed by atoms with Crippen molar-refractivity contribution in [1.29, 1.82) is 0 Å². The minimum absolute atomic E-state index is 0.175. The van der Waals surface area contributed by atoms with Gasteiger partial charge in [0.1, 0.15) is 35.9 Å². The van der Waals surface area contributed by atoms with E-state index in [1.165, 1.54) is 6.07 Å². The van der Waals surface area contributed by atoms with E-state index >= 15 is 0 Å². The third kappa shape index (κ3) is 2.94. The molecule has 1 heterocycles. The van der Waals surface area contributed by atoms with Crippen LogP contribution in [0.5, 0.6) is 0 Å². The van der Waals surface area contributed by atoms with E-state index in [1.807, 2.05) is 30.3 Å². The molecule has 0 spiro atoms. The molecular formula is C17H18O6. The lowest BCUT2D eigenvalue weighted by Gasteiger charge is -2.32. The molecule has 1 aliphatic carbocycles. The highest BCUT2D eigenvalue weighted by Crippen LogP contribution is 2.35. The summed E-state index contributed by atoms with van der Waals surface area (Å²) in [4.78, 5) is 12.2. The van der Waals surface area contributed by atoms with Gasteiger partial charge in [0, 0.05) is 12.5 Å². The number of hydrogen-bond acceptors (Lipinski definition) is 6. The van der Waals surface area contributed by atoms with Gasteiger partial charge in [-0.25, -0.2) is 0 Å². The Hall–Kier alpha value is -1.99. The normalized spacial score (nSPS) is 26.8. The molecule has 6 heteroatoms. The Labute approximate surface area is 132 Å². The summed E-state index contributed by atoms with van der Waals surface area (Å²) in [6.45, 7) is 0. The van der Waals surface area contributed by atoms with Crippen LogP contribution in [0.4, 0.5) is 0 Å². The summed E-state index contributed by atoms with van der Waals surface area (Å²) in [5, 5.41) is 39.3. The molecule has 122 valence electrons. The first kappa shape index (κ1) is 15.9. The molecule has 0 amide bonds. The van der Waals surface area contributed by atoms with Crippen molar-refractivity contribution in [1.82, 2.24) is 0 Å². The number of hydrogen-bond donors (Lipinski definition) is 4. The van der Waals surface area contributed by atoms with Crippen LogP contribution in [0.2, 0.25) is 0 Å². The zero-order chi connectivity index (χ0) is 16.6. The van der Waals surface area contributed by atoms with Crippen molar-refractivity contribution in [2.45, 2.75) is 37.3 Å². The van der Waals surface area contributed by atoms with E-state index in [0.29, 0.717) is 18.6 Å². The second-order valence-electron chi connectivity index (χ2n) is 5.71. The van der Waals surface area contributed by atoms with E-state index < -0.39 is 29.8 Å². The van der Waals surface area contributed by atoms with Crippen LogP contribution >= 0.6 is 0 Å². The molecule has 0 bridgehead atoms. The lowest BCUT2D eigenvalue weighted by molar-refractivity contribution is -0.128. The first-order valence-corrected chi connectivity index (χ1v) is 7.42. The standard InChI is InChI=1S/C17H18O6/c18-11-8-10(7-6-9-4-2-1-3-5-9)23-17-12(11)13(19)14(20)15(21)16(17)22/h1-5,8,13-16,19-22H,6-7H2/t13-,14-,15+,16-/m0/s1. The molecule has 6 nitrogen and oxygen atoms in total. The third-order valence-electron chi connectivity index (χ3n) is 4.13. The largest absolute Gasteiger partial charge is 0.463 e. The number of rotatable bonds is 3. The smallest absolute Gasteiger partial charge is 0.191 e. The van der Waals surface area contributed by atoms with Crippen molar-refractivity contribution < 1.29 is 24.8 Å². The monoisotopic (exact) mass is 318 g/mol. The zero-order valence-corrected chi connectivity index (χ0v) is 12.3. The SMILES string of the molecule is O=c1cc(CCc2ccccc2)oc2c1[C@H](O)[C@H](O)[C@@H](O)[C@@H]2O. The van der Waals surface area contributed by atoms with Gasteiger partial charge in [-0.1, -0.05) is 30.3 Å². The lowest BCUT2D eigenvalue weighted by Crippen LogP contribution is -2.44. The molecule has 4 atom stereocenters. The fraction of sp³-hybridized carbons (Fsp3) is 0.353. The average molecular weight is 318 g/mol. The quantitative estimate of drug-likeness (QED) is 0.644. The molecule has 4 N–H and O–H groups in total. The molecule has 0 saturated carbocycles. The van der Waals surface area contributed by atoms with Crippen molar-refractivity contribution in [2.75, 3.05) is 0 Å². The second-order valence-corrected chi connectivity index (χ2v) is 5.71. The predicted molar refractivity (Wildman–Crippen MR) is 80.8 cm³/mol. The fourth-order valence-electron chi connectivity index (χ4n) is 2.82. The molecule has 0 radical (unpaired) electrons. The van der Waals surface area contributed by atoms with Gasteiger partial charge in [-0.3, -0.25) is 4.79 Å². The molecule has 1 aromatic carbocycles. The highest BCUT2D eigenvalue weighted by Gasteiger charge is 2.43. The van der Waals surface area contributed by atoms with Gasteiger partial charge >= 0.3 is 0 Å². The second kappa shape index (κ2) is 6.25. The lowest BCUT2D eigenvalue weighted by atomic mass is 9.87. The summed E-state index contributed by atoms with van der Waals surface area (Å²) >= 11 is 0. The highest BCUT2D eigenvalue weighted by molar-refractivity contribution is 5.29. The predicted octanol–water partition coefficient (Wildman–Crippen LogP) is 0.227. The van der Waals surface area contributed by atoms with Gasteiger partial charge in [-0.05, 0) is 12.0 Å². The molecule has 23 heavy (non-hydrogen) atoms. The van der Waals surface area contributed by atoms with E-state index in [1.54, 1.807) is 0 Å². The van der Waals surface area contributed by atoms with Gasteiger partial charge in [0.2, 0.25) is 0 Å². The molecule has 0 unspecified atom stereocenters. The van der Waals surface area contributed by atoms with Gasteiger partial charge in [0.15, 0.2) is 5.43 Å². The van der Waals surface area contributed by atoms with E-state index in [0.717, 1.165) is 5.56 Å². The Bertz CT molecular complexity index is 738. The van der Waals surface area contributed by atoms with Gasteiger partial charge in [0.25, 0.3) is 0 Å². The van der Waals surface area contributed by atoms with Crippen LogP contribution < -0.4 is 5.43 Å². The fourth-order valence-corrected chi connectivity index (χ4v) is 2.82. The first-order valence-electron chi connectivity index (χ1n) is 7.42. The van der Waals surface area contributed by atoms with Crippen LogP contribution in [0, 0.1) is 0 Å². The maximum Gasteiger partial charge on any atom is 0.191 e. The minimum Gasteiger partial charge on any atom is -0.463 e. The molecule has 0 saturated heterocycles. The number of fused-ring (bicyclic) bond motifs is 1. The minimum atomic E-state index is -1.63. The van der Waals surface area contributed by atoms with Crippen LogP contribution in [0.25, 0.3) is 0 Å². The molecule has 2 aromatic rings. The average Bonchev–Trinajstić information content (AvgIpc) is 2.56. The topological polar surface area (TPSA) is 111 Å². The van der Waals surface area contributed by atoms with Gasteiger partial charge in [-0.15, -0.1) is 0 Å². The molecule has 0 aliphatic heterocycles. The van der Waals surface area contributed by atoms with Crippen molar-refractivity contribution >= 4 is 0 Å². The van der Waals surface area contributed by atoms with Crippen molar-refractivity contribution in [3.05, 3.63) is 69.3 Å². The van der Waals surface area contributed by atoms with E-state index in [4.69, 9.17) is 4.42 Å². The third-order valence-corrected chi connectivity index (χ3v) is 4.13. The number of aliphatic hydroxyl groups excluding tert-OH is 4. The highest BCUT2D eigenvalue weighted by atomic mass is 16.4. The summed E-state index contributed by atoms with van der Waals surface area (Å²) in [6, 6.07) is 10.9. The Morgan fingerprint density at radius 1 is 0.913 bits per heavy atom. The molecule has 0 fully saturated rings. The van der Waals surface area contributed by atoms with Crippen LogP contribution in [-0.4, -0.2) is 32.6 Å². The maximum atomic E-state index is 12.2. The van der Waals surface area contributed by atoms with E-state index in [-0.39, 0.29) is 11.3 Å². The van der Waals surface area contributed by atoms with Crippen LogP contribution in [0.15, 0.2) is 45.6 Å². The van der Waals surface area contributed by atoms with Crippen molar-refractivity contribution in [3.63, 3.8) is 0 Å². The Balaban J connectivity index is 1.91. The van der Waals surface area contributed by atoms with Crippen LogP contribution in [-0.2, 0) is 12.8 Å². The Morgan fingerprint density at radius 3 is 2.26 bits per heavy atom. The van der Waals surface area contributed by atoms with Crippen LogP contribution in [0.3, 0.4) is 0 Å². The number of aryl methyl sites for hydroxylation is 2. The Morgan fingerprint density at radius 2 is 1.57 bits per heavy atom. The zero-order valence-electron chi connectivity index (χ0n) is 12.3. The molecule has 3 rings (SSSR count). The summed E-state index contributed by atoms with van der Waals surface area (Å²) in [6.07, 6.45) is -5.28. The van der Waals surface area contributed by atoms with Gasteiger partial charge in [0.05, 0.1) is 5.56 Å². The number of aliphatic hydroxyl groups is 4. The molecule has 1 aromatic heterocycles. The molecule has 1 aliphatic rings. The van der Waals surface area contributed by atoms with Gasteiger partial charge in [-0.2, -0.15) is 0 Å². The van der Waals surface area contributed by atoms with Crippen molar-refractivity contribution in [2.24, 2.45) is 0 Å². The van der Waals surface area contributed by atoms with Gasteiger partial charge < -0.3 is 24.8 Å². The summed E-state index contributed by atoms with van der Waals surface area (Å²) in [5.41, 5.74) is 0.356. The molecular weight excluding hydrogens is 300 g/mol. The summed E-state index contributed by atoms with van der Waals surface area (Å²) < 4.78 is 5.52. The van der Waals surface area contributed by atoms with E-state index in [9.17, 15) is 25.2 Å². The summed E-state index contributed by atoms with van der Waals surface area (Å²) in [7, 11) is 0. The van der Waals surface area contributed by atoms with Crippen molar-refractivity contribution in [3.8, 4) is 0 Å². The van der Waals surface area contributed by atoms with Crippen LogP contribution in [0.1, 0.15) is 34.9 Å². The maximum absolute atomic E-state index is 12.2.